The van der Waals surface area contributed by atoms with Gasteiger partial charge >= 0.3 is 5.97 Å². The van der Waals surface area contributed by atoms with Crippen molar-refractivity contribution in [3.8, 4) is 0 Å². The summed E-state index contributed by atoms with van der Waals surface area (Å²) in [7, 11) is 0. The number of aromatic carboxylic acids is 1. The zero-order valence-corrected chi connectivity index (χ0v) is 17.6. The van der Waals surface area contributed by atoms with Crippen LogP contribution in [0.1, 0.15) is 41.4 Å². The molecule has 3 aliphatic heterocycles. The second-order valence-electron chi connectivity index (χ2n) is 8.34. The minimum Gasteiger partial charge on any atom is -0.478 e. The van der Waals surface area contributed by atoms with Crippen LogP contribution in [0.15, 0.2) is 22.6 Å². The normalized spacial score (nSPS) is 25.9. The van der Waals surface area contributed by atoms with Gasteiger partial charge in [0.2, 0.25) is 5.91 Å². The van der Waals surface area contributed by atoms with Crippen molar-refractivity contribution in [2.75, 3.05) is 37.8 Å². The Kier molecular flexibility index (Phi) is 5.43. The second-order valence-corrected chi connectivity index (χ2v) is 9.41. The Balaban J connectivity index is 1.18. The molecule has 30 heavy (non-hydrogen) atoms. The van der Waals surface area contributed by atoms with Crippen molar-refractivity contribution in [2.24, 2.45) is 0 Å². The maximum Gasteiger partial charge on any atom is 0.335 e. The SMILES string of the molecule is O=C(O)c1ccc2oc(C3CCN([C@@H]4CN[C@H](C(=O)N5CCSC5)C4)CC3)nc2c1. The van der Waals surface area contributed by atoms with Crippen LogP contribution in [0.4, 0.5) is 0 Å². The maximum atomic E-state index is 12.6. The fourth-order valence-electron chi connectivity index (χ4n) is 4.76. The second kappa shape index (κ2) is 8.20. The van der Waals surface area contributed by atoms with Crippen LogP contribution >= 0.6 is 11.8 Å². The molecule has 4 heterocycles. The van der Waals surface area contributed by atoms with E-state index in [1.807, 2.05) is 16.7 Å². The van der Waals surface area contributed by atoms with E-state index in [-0.39, 0.29) is 23.4 Å². The molecule has 1 amide bonds. The van der Waals surface area contributed by atoms with Crippen molar-refractivity contribution in [3.05, 3.63) is 29.7 Å². The zero-order valence-electron chi connectivity index (χ0n) is 16.7. The first kappa shape index (κ1) is 19.8. The molecule has 0 saturated carbocycles. The van der Waals surface area contributed by atoms with Crippen molar-refractivity contribution in [3.63, 3.8) is 0 Å². The van der Waals surface area contributed by atoms with Crippen LogP contribution < -0.4 is 5.32 Å². The number of aromatic nitrogens is 1. The third-order valence-electron chi connectivity index (χ3n) is 6.52. The Morgan fingerprint density at radius 2 is 2.07 bits per heavy atom. The van der Waals surface area contributed by atoms with Crippen LogP contribution in [-0.2, 0) is 4.79 Å². The first-order chi connectivity index (χ1) is 14.6. The molecule has 0 unspecified atom stereocenters. The third-order valence-corrected chi connectivity index (χ3v) is 7.48. The Morgan fingerprint density at radius 1 is 1.23 bits per heavy atom. The standard InChI is InChI=1S/C21H26N4O4S/c26-20(25-7-8-30-12-25)17-10-15(11-22-17)24-5-3-13(4-6-24)19-23-16-9-14(21(27)28)1-2-18(16)29-19/h1-2,9,13,15,17,22H,3-8,10-12H2,(H,27,28)/t15-,17-/m0/s1. The molecule has 0 radical (unpaired) electrons. The molecular formula is C21H26N4O4S. The van der Waals surface area contributed by atoms with Gasteiger partial charge in [0.05, 0.1) is 17.5 Å². The largest absolute Gasteiger partial charge is 0.478 e. The van der Waals surface area contributed by atoms with Gasteiger partial charge in [-0.2, -0.15) is 0 Å². The summed E-state index contributed by atoms with van der Waals surface area (Å²) in [6.45, 7) is 3.65. The molecule has 2 N–H and O–H groups in total. The highest BCUT2D eigenvalue weighted by Crippen LogP contribution is 2.32. The molecule has 0 aliphatic carbocycles. The number of carbonyl (C=O) groups excluding carboxylic acids is 1. The highest BCUT2D eigenvalue weighted by molar-refractivity contribution is 7.99. The predicted octanol–water partition coefficient (Wildman–Crippen LogP) is 1.97. The summed E-state index contributed by atoms with van der Waals surface area (Å²) in [5, 5.41) is 12.6. The van der Waals surface area contributed by atoms with Gasteiger partial charge in [0.15, 0.2) is 11.5 Å². The smallest absolute Gasteiger partial charge is 0.335 e. The van der Waals surface area contributed by atoms with E-state index in [9.17, 15) is 9.59 Å². The summed E-state index contributed by atoms with van der Waals surface area (Å²) in [6, 6.07) is 5.15. The average Bonchev–Trinajstić information content (AvgIpc) is 3.53. The molecular weight excluding hydrogens is 404 g/mol. The average molecular weight is 431 g/mol. The number of thioether (sulfide) groups is 1. The number of nitrogens with one attached hydrogen (secondary N) is 1. The number of amides is 1. The number of oxazole rings is 1. The number of rotatable bonds is 4. The quantitative estimate of drug-likeness (QED) is 0.760. The molecule has 3 fully saturated rings. The number of carboxylic acid groups (broad SMARTS) is 1. The number of hydrogen-bond acceptors (Lipinski definition) is 7. The van der Waals surface area contributed by atoms with E-state index < -0.39 is 5.97 Å². The van der Waals surface area contributed by atoms with Crippen molar-refractivity contribution in [1.29, 1.82) is 0 Å². The number of piperidine rings is 1. The molecule has 5 rings (SSSR count). The molecule has 9 heteroatoms. The molecule has 0 bridgehead atoms. The summed E-state index contributed by atoms with van der Waals surface area (Å²) in [5.41, 5.74) is 1.47. The van der Waals surface area contributed by atoms with Gasteiger partial charge < -0.3 is 19.7 Å². The van der Waals surface area contributed by atoms with Gasteiger partial charge in [0.25, 0.3) is 0 Å². The van der Waals surface area contributed by atoms with E-state index in [4.69, 9.17) is 9.52 Å². The van der Waals surface area contributed by atoms with Crippen molar-refractivity contribution in [2.45, 2.75) is 37.3 Å². The Bertz CT molecular complexity index is 950. The first-order valence-corrected chi connectivity index (χ1v) is 11.7. The molecule has 1 aromatic carbocycles. The van der Waals surface area contributed by atoms with E-state index in [2.05, 4.69) is 15.2 Å². The monoisotopic (exact) mass is 430 g/mol. The van der Waals surface area contributed by atoms with Gasteiger partial charge in [0, 0.05) is 30.8 Å². The molecule has 3 saturated heterocycles. The van der Waals surface area contributed by atoms with Gasteiger partial charge in [0.1, 0.15) is 5.52 Å². The summed E-state index contributed by atoms with van der Waals surface area (Å²) in [6.07, 6.45) is 2.79. The van der Waals surface area contributed by atoms with Gasteiger partial charge in [-0.15, -0.1) is 11.8 Å². The lowest BCUT2D eigenvalue weighted by atomic mass is 9.95. The van der Waals surface area contributed by atoms with Crippen molar-refractivity contribution in [1.82, 2.24) is 20.1 Å². The molecule has 1 aromatic heterocycles. The highest BCUT2D eigenvalue weighted by Gasteiger charge is 2.37. The van der Waals surface area contributed by atoms with Gasteiger partial charge in [-0.05, 0) is 50.6 Å². The number of carbonyl (C=O) groups is 2. The Hall–Kier alpha value is -2.10. The van der Waals surface area contributed by atoms with E-state index in [1.165, 1.54) is 0 Å². The van der Waals surface area contributed by atoms with Crippen molar-refractivity contribution < 1.29 is 19.1 Å². The lowest BCUT2D eigenvalue weighted by Gasteiger charge is -2.34. The zero-order chi connectivity index (χ0) is 20.7. The topological polar surface area (TPSA) is 98.9 Å². The van der Waals surface area contributed by atoms with Crippen molar-refractivity contribution >= 4 is 34.7 Å². The molecule has 2 atom stereocenters. The molecule has 160 valence electrons. The fourth-order valence-corrected chi connectivity index (χ4v) is 5.71. The lowest BCUT2D eigenvalue weighted by Crippen LogP contribution is -2.42. The summed E-state index contributed by atoms with van der Waals surface area (Å²) in [5.74, 6) is 2.12. The number of nitrogens with zero attached hydrogens (tertiary/aromatic N) is 3. The Labute approximate surface area is 179 Å². The summed E-state index contributed by atoms with van der Waals surface area (Å²) >= 11 is 1.82. The Morgan fingerprint density at radius 3 is 2.80 bits per heavy atom. The number of benzene rings is 1. The molecule has 8 nitrogen and oxygen atoms in total. The van der Waals surface area contributed by atoms with Gasteiger partial charge in [-0.1, -0.05) is 0 Å². The van der Waals surface area contributed by atoms with E-state index in [0.29, 0.717) is 23.0 Å². The summed E-state index contributed by atoms with van der Waals surface area (Å²) < 4.78 is 5.92. The highest BCUT2D eigenvalue weighted by atomic mass is 32.2. The van der Waals surface area contributed by atoms with Crippen LogP contribution in [0.5, 0.6) is 0 Å². The van der Waals surface area contributed by atoms with Crippen LogP contribution in [0.2, 0.25) is 0 Å². The van der Waals surface area contributed by atoms with Gasteiger partial charge in [-0.3, -0.25) is 9.69 Å². The minimum atomic E-state index is -0.958. The van der Waals surface area contributed by atoms with E-state index >= 15 is 0 Å². The maximum absolute atomic E-state index is 12.6. The molecule has 0 spiro atoms. The van der Waals surface area contributed by atoms with E-state index in [1.54, 1.807) is 18.2 Å². The number of carboxylic acids is 1. The summed E-state index contributed by atoms with van der Waals surface area (Å²) in [4.78, 5) is 32.8. The first-order valence-electron chi connectivity index (χ1n) is 10.6. The number of fused-ring (bicyclic) bond motifs is 1. The molecule has 2 aromatic rings. The fraction of sp³-hybridized carbons (Fsp3) is 0.571. The van der Waals surface area contributed by atoms with Crippen LogP contribution in [0, 0.1) is 0 Å². The predicted molar refractivity (Wildman–Crippen MR) is 114 cm³/mol. The van der Waals surface area contributed by atoms with Gasteiger partial charge in [-0.25, -0.2) is 9.78 Å². The van der Waals surface area contributed by atoms with E-state index in [0.717, 1.165) is 57.1 Å². The van der Waals surface area contributed by atoms with Crippen LogP contribution in [0.3, 0.4) is 0 Å². The van der Waals surface area contributed by atoms with Crippen LogP contribution in [0.25, 0.3) is 11.1 Å². The van der Waals surface area contributed by atoms with Crippen LogP contribution in [-0.4, -0.2) is 81.7 Å². The third kappa shape index (κ3) is 3.81. The lowest BCUT2D eigenvalue weighted by molar-refractivity contribution is -0.131. The molecule has 3 aliphatic rings. The number of hydrogen-bond donors (Lipinski definition) is 2. The number of likely N-dealkylation sites (tertiary alicyclic amines) is 1. The minimum absolute atomic E-state index is 0.0492.